The lowest BCUT2D eigenvalue weighted by molar-refractivity contribution is 0.101. The molecule has 1 aromatic carbocycles. The van der Waals surface area contributed by atoms with Gasteiger partial charge in [0.2, 0.25) is 0 Å². The number of hydrogen-bond acceptors (Lipinski definition) is 3. The number of halogens is 1. The number of carbonyl (C=O) groups is 1. The largest absolute Gasteiger partial charge is 0.321 e. The van der Waals surface area contributed by atoms with Crippen molar-refractivity contribution in [3.8, 4) is 0 Å². The number of carbonyl (C=O) groups excluding carboxylic acids is 1. The topological polar surface area (TPSA) is 42.0 Å². The lowest BCUT2D eigenvalue weighted by atomic mass is 10.3. The van der Waals surface area contributed by atoms with E-state index in [1.165, 1.54) is 0 Å². The molecule has 1 N–H and O–H groups in total. The Morgan fingerprint density at radius 1 is 1.24 bits per heavy atom. The monoisotopic (exact) mass is 308 g/mol. The fourth-order valence-corrected chi connectivity index (χ4v) is 1.80. The van der Waals surface area contributed by atoms with Crippen LogP contribution in [0.5, 0.6) is 0 Å². The van der Waals surface area contributed by atoms with Gasteiger partial charge in [-0.2, -0.15) is 0 Å². The molecule has 1 amide bonds. The zero-order valence-electron chi connectivity index (χ0n) is 8.72. The van der Waals surface area contributed by atoms with Crippen LogP contribution in [0.4, 0.5) is 5.69 Å². The number of hydrogen-bond donors (Lipinski definition) is 2. The summed E-state index contributed by atoms with van der Waals surface area (Å²) in [6, 6.07) is 10.8. The van der Waals surface area contributed by atoms with Crippen LogP contribution in [0.3, 0.4) is 0 Å². The molecule has 2 rings (SSSR count). The SMILES string of the molecule is O=C(Nc1ccc(Br)cc1)c1ncccc1S. The summed E-state index contributed by atoms with van der Waals surface area (Å²) in [5, 5.41) is 2.76. The highest BCUT2D eigenvalue weighted by Gasteiger charge is 2.10. The average Bonchev–Trinajstić information content (AvgIpc) is 2.32. The second-order valence-electron chi connectivity index (χ2n) is 3.33. The number of anilines is 1. The van der Waals surface area contributed by atoms with Gasteiger partial charge >= 0.3 is 0 Å². The number of pyridine rings is 1. The van der Waals surface area contributed by atoms with E-state index in [2.05, 4.69) is 38.9 Å². The molecule has 17 heavy (non-hydrogen) atoms. The molecule has 0 bridgehead atoms. The van der Waals surface area contributed by atoms with Gasteiger partial charge in [0.1, 0.15) is 5.69 Å². The molecule has 0 fully saturated rings. The first-order chi connectivity index (χ1) is 8.16. The summed E-state index contributed by atoms with van der Waals surface area (Å²) in [5.41, 5.74) is 1.04. The third kappa shape index (κ3) is 3.08. The molecule has 1 aromatic heterocycles. The molecule has 0 radical (unpaired) electrons. The standard InChI is InChI=1S/C12H9BrN2OS/c13-8-3-5-9(6-4-8)15-12(16)11-10(17)2-1-7-14-11/h1-7,17H,(H,15,16). The van der Waals surface area contributed by atoms with E-state index in [0.29, 0.717) is 10.6 Å². The first kappa shape index (κ1) is 12.1. The Labute approximate surface area is 113 Å². The van der Waals surface area contributed by atoms with Crippen LogP contribution < -0.4 is 5.32 Å². The number of aromatic nitrogens is 1. The van der Waals surface area contributed by atoms with Crippen LogP contribution in [0.2, 0.25) is 0 Å². The van der Waals surface area contributed by atoms with Crippen LogP contribution in [0.1, 0.15) is 10.5 Å². The fraction of sp³-hybridized carbons (Fsp3) is 0. The van der Waals surface area contributed by atoms with Crippen molar-refractivity contribution in [2.75, 3.05) is 5.32 Å². The van der Waals surface area contributed by atoms with E-state index in [9.17, 15) is 4.79 Å². The molecule has 0 saturated carbocycles. The van der Waals surface area contributed by atoms with Crippen molar-refractivity contribution in [2.24, 2.45) is 0 Å². The van der Waals surface area contributed by atoms with E-state index in [1.807, 2.05) is 24.3 Å². The molecular formula is C12H9BrN2OS. The number of nitrogens with zero attached hydrogens (tertiary/aromatic N) is 1. The van der Waals surface area contributed by atoms with Gasteiger partial charge < -0.3 is 5.32 Å². The lowest BCUT2D eigenvalue weighted by Crippen LogP contribution is -2.14. The van der Waals surface area contributed by atoms with Crippen molar-refractivity contribution >= 4 is 40.2 Å². The molecule has 0 atom stereocenters. The van der Waals surface area contributed by atoms with Crippen molar-refractivity contribution in [3.63, 3.8) is 0 Å². The maximum Gasteiger partial charge on any atom is 0.275 e. The van der Waals surface area contributed by atoms with Crippen LogP contribution in [0.25, 0.3) is 0 Å². The number of benzene rings is 1. The third-order valence-electron chi connectivity index (χ3n) is 2.10. The molecule has 0 aliphatic heterocycles. The molecule has 86 valence electrons. The van der Waals surface area contributed by atoms with Crippen molar-refractivity contribution in [3.05, 3.63) is 52.8 Å². The third-order valence-corrected chi connectivity index (χ3v) is 2.99. The Bertz CT molecular complexity index is 542. The predicted molar refractivity (Wildman–Crippen MR) is 73.6 cm³/mol. The second kappa shape index (κ2) is 5.33. The highest BCUT2D eigenvalue weighted by atomic mass is 79.9. The summed E-state index contributed by atoms with van der Waals surface area (Å²) >= 11 is 7.52. The zero-order chi connectivity index (χ0) is 12.3. The van der Waals surface area contributed by atoms with Crippen molar-refractivity contribution in [1.29, 1.82) is 0 Å². The maximum atomic E-state index is 11.9. The van der Waals surface area contributed by atoms with Crippen LogP contribution in [0, 0.1) is 0 Å². The fourth-order valence-electron chi connectivity index (χ4n) is 1.30. The van der Waals surface area contributed by atoms with Gasteiger partial charge in [-0.05, 0) is 36.4 Å². The van der Waals surface area contributed by atoms with Crippen LogP contribution in [-0.4, -0.2) is 10.9 Å². The Balaban J connectivity index is 2.17. The van der Waals surface area contributed by atoms with Gasteiger partial charge in [0, 0.05) is 21.3 Å². The van der Waals surface area contributed by atoms with Gasteiger partial charge in [0.15, 0.2) is 0 Å². The number of nitrogens with one attached hydrogen (secondary N) is 1. The second-order valence-corrected chi connectivity index (χ2v) is 4.73. The summed E-state index contributed by atoms with van der Waals surface area (Å²) in [6.07, 6.45) is 1.57. The molecule has 0 aliphatic rings. The minimum absolute atomic E-state index is 0.266. The van der Waals surface area contributed by atoms with Crippen LogP contribution >= 0.6 is 28.6 Å². The highest BCUT2D eigenvalue weighted by molar-refractivity contribution is 9.10. The Kier molecular flexibility index (Phi) is 3.81. The summed E-state index contributed by atoms with van der Waals surface area (Å²) in [5.74, 6) is -0.266. The van der Waals surface area contributed by atoms with Crippen LogP contribution in [-0.2, 0) is 0 Å². The summed E-state index contributed by atoms with van der Waals surface area (Å²) in [6.45, 7) is 0. The Morgan fingerprint density at radius 3 is 2.59 bits per heavy atom. The quantitative estimate of drug-likeness (QED) is 0.835. The Hall–Kier alpha value is -1.33. The van der Waals surface area contributed by atoms with E-state index in [4.69, 9.17) is 0 Å². The van der Waals surface area contributed by atoms with Gasteiger partial charge in [0.25, 0.3) is 5.91 Å². The molecule has 0 spiro atoms. The van der Waals surface area contributed by atoms with E-state index in [1.54, 1.807) is 18.3 Å². The molecule has 1 heterocycles. The van der Waals surface area contributed by atoms with Gasteiger partial charge in [-0.3, -0.25) is 4.79 Å². The normalized spacial score (nSPS) is 10.0. The summed E-state index contributed by atoms with van der Waals surface area (Å²) in [7, 11) is 0. The van der Waals surface area contributed by atoms with Crippen molar-refractivity contribution < 1.29 is 4.79 Å². The minimum atomic E-state index is -0.266. The molecule has 5 heteroatoms. The van der Waals surface area contributed by atoms with Crippen molar-refractivity contribution in [1.82, 2.24) is 4.98 Å². The molecule has 0 saturated heterocycles. The predicted octanol–water partition coefficient (Wildman–Crippen LogP) is 3.39. The summed E-state index contributed by atoms with van der Waals surface area (Å²) in [4.78, 5) is 16.4. The number of rotatable bonds is 2. The minimum Gasteiger partial charge on any atom is -0.321 e. The van der Waals surface area contributed by atoms with E-state index in [-0.39, 0.29) is 5.91 Å². The number of thiol groups is 1. The molecule has 2 aromatic rings. The first-order valence-electron chi connectivity index (χ1n) is 4.88. The highest BCUT2D eigenvalue weighted by Crippen LogP contribution is 2.16. The van der Waals surface area contributed by atoms with Gasteiger partial charge in [-0.15, -0.1) is 12.6 Å². The smallest absolute Gasteiger partial charge is 0.275 e. The van der Waals surface area contributed by atoms with E-state index < -0.39 is 0 Å². The van der Waals surface area contributed by atoms with E-state index in [0.717, 1.165) is 10.2 Å². The van der Waals surface area contributed by atoms with Gasteiger partial charge in [-0.1, -0.05) is 15.9 Å². The van der Waals surface area contributed by atoms with Crippen molar-refractivity contribution in [2.45, 2.75) is 4.90 Å². The molecule has 0 aliphatic carbocycles. The maximum absolute atomic E-state index is 11.9. The Morgan fingerprint density at radius 2 is 1.94 bits per heavy atom. The van der Waals surface area contributed by atoms with Gasteiger partial charge in [0.05, 0.1) is 0 Å². The van der Waals surface area contributed by atoms with Crippen LogP contribution in [0.15, 0.2) is 52.0 Å². The average molecular weight is 309 g/mol. The first-order valence-corrected chi connectivity index (χ1v) is 6.12. The van der Waals surface area contributed by atoms with E-state index >= 15 is 0 Å². The van der Waals surface area contributed by atoms with Gasteiger partial charge in [-0.25, -0.2) is 4.98 Å². The molecule has 0 unspecified atom stereocenters. The lowest BCUT2D eigenvalue weighted by Gasteiger charge is -2.06. The molecule has 3 nitrogen and oxygen atoms in total. The number of amides is 1. The zero-order valence-corrected chi connectivity index (χ0v) is 11.2. The molecular weight excluding hydrogens is 300 g/mol. The summed E-state index contributed by atoms with van der Waals surface area (Å²) < 4.78 is 0.961.